The Bertz CT molecular complexity index is 556. The summed E-state index contributed by atoms with van der Waals surface area (Å²) in [6.45, 7) is 6.60. The number of amides is 5. The van der Waals surface area contributed by atoms with Gasteiger partial charge in [0.05, 0.1) is 19.6 Å². The zero-order chi connectivity index (χ0) is 21.5. The van der Waals surface area contributed by atoms with Crippen molar-refractivity contribution in [3.05, 3.63) is 0 Å². The maximum Gasteiger partial charge on any atom is 0.249 e. The minimum Gasteiger partial charge on any atom is -0.347 e. The summed E-state index contributed by atoms with van der Waals surface area (Å²) in [5.74, 6) is -1.29. The molecule has 1 unspecified atom stereocenters. The van der Waals surface area contributed by atoms with Crippen molar-refractivity contribution in [3.63, 3.8) is 0 Å². The second-order valence-corrected chi connectivity index (χ2v) is 7.40. The van der Waals surface area contributed by atoms with Crippen molar-refractivity contribution in [3.8, 4) is 0 Å². The van der Waals surface area contributed by atoms with Crippen LogP contribution in [0.3, 0.4) is 0 Å². The Morgan fingerprint density at radius 1 is 0.786 bits per heavy atom. The molecule has 0 bridgehead atoms. The van der Waals surface area contributed by atoms with E-state index in [1.165, 1.54) is 11.9 Å². The van der Waals surface area contributed by atoms with E-state index < -0.39 is 23.8 Å². The van der Waals surface area contributed by atoms with Gasteiger partial charge in [-0.1, -0.05) is 39.6 Å². The van der Waals surface area contributed by atoms with Crippen LogP contribution in [0.1, 0.15) is 40.5 Å². The number of carbonyl (C=O) groups is 5. The molecule has 0 saturated carbocycles. The molecule has 0 spiro atoms. The molecule has 11 heteroatoms. The first-order valence-corrected chi connectivity index (χ1v) is 10.2. The number of rotatable bonds is 13. The monoisotopic (exact) mass is 417 g/mol. The molecule has 160 valence electrons. The second-order valence-electron chi connectivity index (χ2n) is 6.33. The molecule has 0 rings (SSSR count). The van der Waals surface area contributed by atoms with Gasteiger partial charge in [-0.3, -0.25) is 28.7 Å². The summed E-state index contributed by atoms with van der Waals surface area (Å²) in [5.41, 5.74) is 0. The highest BCUT2D eigenvalue weighted by Crippen LogP contribution is 2.05. The fraction of sp³-hybridized carbons (Fsp3) is 0.706. The number of nitrogens with one attached hydrogen (secondary N) is 5. The summed E-state index contributed by atoms with van der Waals surface area (Å²) in [4.78, 5) is 58.6. The molecule has 5 amide bonds. The van der Waals surface area contributed by atoms with Gasteiger partial charge in [0.2, 0.25) is 29.5 Å². The van der Waals surface area contributed by atoms with Crippen molar-refractivity contribution in [2.75, 3.05) is 25.4 Å². The summed E-state index contributed by atoms with van der Waals surface area (Å²) in [7, 11) is 0. The fourth-order valence-electron chi connectivity index (χ4n) is 1.97. The maximum absolute atomic E-state index is 12.3. The van der Waals surface area contributed by atoms with Crippen molar-refractivity contribution < 1.29 is 24.0 Å². The lowest BCUT2D eigenvalue weighted by molar-refractivity contribution is -0.131. The Kier molecular flexibility index (Phi) is 13.5. The first-order valence-electron chi connectivity index (χ1n) is 9.20. The largest absolute Gasteiger partial charge is 0.347 e. The summed E-state index contributed by atoms with van der Waals surface area (Å²) in [6, 6.07) is -0.823. The highest BCUT2D eigenvalue weighted by atomic mass is 32.2. The normalized spacial score (nSPS) is 11.3. The summed E-state index contributed by atoms with van der Waals surface area (Å²) >= 11 is 1.23. The van der Waals surface area contributed by atoms with Crippen LogP contribution in [0.2, 0.25) is 0 Å². The number of hydrogen-bond donors (Lipinski definition) is 5. The smallest absolute Gasteiger partial charge is 0.249 e. The first kappa shape index (κ1) is 25.7. The lowest BCUT2D eigenvalue weighted by atomic mass is 10.0. The second kappa shape index (κ2) is 14.7. The van der Waals surface area contributed by atoms with Gasteiger partial charge in [-0.05, 0) is 12.3 Å². The summed E-state index contributed by atoms with van der Waals surface area (Å²) in [5, 5.41) is 9.81. The summed E-state index contributed by atoms with van der Waals surface area (Å²) < 4.78 is 2.56. The standard InChI is InChI=1S/C17H31N5O5S/c1-5-13(23)18-8-14(24)19-9-15(25)21-12(7-11(3)4)17(27)20-10-16(26)22-28-6-2/h11-12H,5-10H2,1-4H3,(H,18,23)(H,19,24)(H,20,27)(H,21,25)(H,22,26). The van der Waals surface area contributed by atoms with Crippen LogP contribution in [0.15, 0.2) is 0 Å². The molecule has 0 aromatic carbocycles. The van der Waals surface area contributed by atoms with Crippen molar-refractivity contribution >= 4 is 41.5 Å². The van der Waals surface area contributed by atoms with Gasteiger partial charge in [0.15, 0.2) is 0 Å². The average molecular weight is 418 g/mol. The molecule has 0 aliphatic carbocycles. The van der Waals surface area contributed by atoms with Crippen molar-refractivity contribution in [1.29, 1.82) is 0 Å². The van der Waals surface area contributed by atoms with Crippen LogP contribution < -0.4 is 26.0 Å². The molecule has 5 N–H and O–H groups in total. The van der Waals surface area contributed by atoms with E-state index in [1.807, 2.05) is 20.8 Å². The predicted molar refractivity (Wildman–Crippen MR) is 107 cm³/mol. The zero-order valence-electron chi connectivity index (χ0n) is 16.8. The average Bonchev–Trinajstić information content (AvgIpc) is 2.65. The molecule has 0 aliphatic rings. The first-order chi connectivity index (χ1) is 13.2. The predicted octanol–water partition coefficient (Wildman–Crippen LogP) is -0.940. The zero-order valence-corrected chi connectivity index (χ0v) is 17.7. The SMILES string of the molecule is CCSNC(=O)CNC(=O)C(CC(C)C)NC(=O)CNC(=O)CNC(=O)CC. The third kappa shape index (κ3) is 13.0. The van der Waals surface area contributed by atoms with E-state index in [9.17, 15) is 24.0 Å². The van der Waals surface area contributed by atoms with Gasteiger partial charge in [0, 0.05) is 12.2 Å². The van der Waals surface area contributed by atoms with Crippen molar-refractivity contribution in [1.82, 2.24) is 26.0 Å². The molecule has 1 atom stereocenters. The summed E-state index contributed by atoms with van der Waals surface area (Å²) in [6.07, 6.45) is 0.637. The highest BCUT2D eigenvalue weighted by molar-refractivity contribution is 7.97. The van der Waals surface area contributed by atoms with E-state index in [4.69, 9.17) is 0 Å². The molecule has 0 fully saturated rings. The topological polar surface area (TPSA) is 146 Å². The Hall–Kier alpha value is -2.30. The van der Waals surface area contributed by atoms with Gasteiger partial charge in [0.1, 0.15) is 6.04 Å². The van der Waals surface area contributed by atoms with E-state index in [-0.39, 0.29) is 43.8 Å². The highest BCUT2D eigenvalue weighted by Gasteiger charge is 2.22. The van der Waals surface area contributed by atoms with Crippen LogP contribution in [-0.4, -0.2) is 61.0 Å². The minimum absolute atomic E-state index is 0.124. The van der Waals surface area contributed by atoms with E-state index in [0.29, 0.717) is 12.2 Å². The Labute approximate surface area is 169 Å². The van der Waals surface area contributed by atoms with E-state index in [1.54, 1.807) is 6.92 Å². The van der Waals surface area contributed by atoms with Gasteiger partial charge < -0.3 is 21.3 Å². The van der Waals surface area contributed by atoms with Crippen molar-refractivity contribution in [2.45, 2.75) is 46.6 Å². The van der Waals surface area contributed by atoms with Crippen LogP contribution in [0.4, 0.5) is 0 Å². The molecule has 10 nitrogen and oxygen atoms in total. The lowest BCUT2D eigenvalue weighted by Crippen LogP contribution is -2.51. The van der Waals surface area contributed by atoms with E-state index >= 15 is 0 Å². The maximum atomic E-state index is 12.3. The van der Waals surface area contributed by atoms with Gasteiger partial charge in [-0.15, -0.1) is 0 Å². The fourth-order valence-corrected chi connectivity index (χ4v) is 2.35. The third-order valence-electron chi connectivity index (χ3n) is 3.33. The van der Waals surface area contributed by atoms with Gasteiger partial charge in [-0.2, -0.15) is 0 Å². The van der Waals surface area contributed by atoms with Crippen LogP contribution in [-0.2, 0) is 24.0 Å². The Morgan fingerprint density at radius 2 is 1.36 bits per heavy atom. The van der Waals surface area contributed by atoms with Crippen LogP contribution in [0.5, 0.6) is 0 Å². The quantitative estimate of drug-likeness (QED) is 0.245. The van der Waals surface area contributed by atoms with Gasteiger partial charge >= 0.3 is 0 Å². The van der Waals surface area contributed by atoms with Crippen molar-refractivity contribution in [2.24, 2.45) is 5.92 Å². The number of carbonyl (C=O) groups excluding carboxylic acids is 5. The van der Waals surface area contributed by atoms with Gasteiger partial charge in [-0.25, -0.2) is 0 Å². The van der Waals surface area contributed by atoms with Crippen LogP contribution in [0.25, 0.3) is 0 Å². The molecular formula is C17H31N5O5S. The molecule has 0 radical (unpaired) electrons. The number of hydrogen-bond acceptors (Lipinski definition) is 6. The molecular weight excluding hydrogens is 386 g/mol. The van der Waals surface area contributed by atoms with Crippen LogP contribution >= 0.6 is 11.9 Å². The molecule has 0 aliphatic heterocycles. The molecule has 0 saturated heterocycles. The minimum atomic E-state index is -0.823. The molecule has 0 aromatic rings. The molecule has 28 heavy (non-hydrogen) atoms. The lowest BCUT2D eigenvalue weighted by Gasteiger charge is -2.20. The molecule has 0 aromatic heterocycles. The van der Waals surface area contributed by atoms with E-state index in [2.05, 4.69) is 26.0 Å². The Morgan fingerprint density at radius 3 is 1.93 bits per heavy atom. The van der Waals surface area contributed by atoms with E-state index in [0.717, 1.165) is 0 Å². The Balaban J connectivity index is 4.46. The molecule has 0 heterocycles. The van der Waals surface area contributed by atoms with Crippen LogP contribution in [0, 0.1) is 5.92 Å². The third-order valence-corrected chi connectivity index (χ3v) is 3.99. The van der Waals surface area contributed by atoms with Gasteiger partial charge in [0.25, 0.3) is 0 Å².